The summed E-state index contributed by atoms with van der Waals surface area (Å²) in [6.07, 6.45) is 0.859. The fourth-order valence-electron chi connectivity index (χ4n) is 3.43. The molecule has 4 rings (SSSR count). The zero-order valence-electron chi connectivity index (χ0n) is 16.0. The maximum atomic E-state index is 13.1. The Bertz CT molecular complexity index is 1020. The van der Waals surface area contributed by atoms with Crippen LogP contribution in [0.2, 0.25) is 0 Å². The molecule has 2 heterocycles. The second-order valence-corrected chi connectivity index (χ2v) is 6.79. The maximum Gasteiger partial charge on any atom is 0.272 e. The van der Waals surface area contributed by atoms with Crippen molar-refractivity contribution in [2.75, 3.05) is 19.0 Å². The van der Waals surface area contributed by atoms with Gasteiger partial charge in [0.1, 0.15) is 11.4 Å². The molecule has 3 aromatic rings. The number of methoxy groups -OCH3 is 1. The fourth-order valence-corrected chi connectivity index (χ4v) is 3.43. The highest BCUT2D eigenvalue weighted by molar-refractivity contribution is 5.93. The number of para-hydroxylation sites is 2. The van der Waals surface area contributed by atoms with E-state index >= 15 is 0 Å². The summed E-state index contributed by atoms with van der Waals surface area (Å²) in [7, 11) is 1.61. The van der Waals surface area contributed by atoms with E-state index in [2.05, 4.69) is 27.4 Å². The van der Waals surface area contributed by atoms with Gasteiger partial charge in [0, 0.05) is 18.8 Å². The molecule has 6 heteroatoms. The molecule has 0 unspecified atom stereocenters. The van der Waals surface area contributed by atoms with Gasteiger partial charge in [-0.05, 0) is 42.7 Å². The number of ether oxygens (including phenoxy) is 1. The number of nitrogens with zero attached hydrogens (tertiary/aromatic N) is 3. The van der Waals surface area contributed by atoms with E-state index < -0.39 is 0 Å². The minimum absolute atomic E-state index is 0.0805. The molecule has 0 fully saturated rings. The number of hydrogen-bond acceptors (Lipinski definition) is 5. The third-order valence-electron chi connectivity index (χ3n) is 4.84. The Morgan fingerprint density at radius 3 is 2.64 bits per heavy atom. The number of carbonyl (C=O) groups excluding carboxylic acids is 1. The predicted octanol–water partition coefficient (Wildman–Crippen LogP) is 3.74. The highest BCUT2D eigenvalue weighted by Gasteiger charge is 2.23. The molecular formula is C22H22N4O2. The summed E-state index contributed by atoms with van der Waals surface area (Å²) in [5.41, 5.74) is 4.38. The van der Waals surface area contributed by atoms with Crippen molar-refractivity contribution in [1.29, 1.82) is 0 Å². The van der Waals surface area contributed by atoms with Gasteiger partial charge in [-0.2, -0.15) is 0 Å². The molecule has 6 nitrogen and oxygen atoms in total. The summed E-state index contributed by atoms with van der Waals surface area (Å²) in [5, 5.41) is 3.16. The van der Waals surface area contributed by atoms with E-state index in [0.717, 1.165) is 17.8 Å². The molecule has 0 spiro atoms. The van der Waals surface area contributed by atoms with Gasteiger partial charge in [0.25, 0.3) is 5.91 Å². The van der Waals surface area contributed by atoms with E-state index in [4.69, 9.17) is 4.74 Å². The number of hydrogen-bond donors (Lipinski definition) is 1. The lowest BCUT2D eigenvalue weighted by molar-refractivity contribution is 0.0728. The minimum Gasteiger partial charge on any atom is -0.495 e. The molecule has 0 saturated carbocycles. The normalized spacial score (nSPS) is 13.0. The first-order valence-corrected chi connectivity index (χ1v) is 9.26. The monoisotopic (exact) mass is 374 g/mol. The Kier molecular flexibility index (Phi) is 4.93. The van der Waals surface area contributed by atoms with E-state index in [1.54, 1.807) is 13.2 Å². The second kappa shape index (κ2) is 7.68. The van der Waals surface area contributed by atoms with Gasteiger partial charge in [-0.25, -0.2) is 9.97 Å². The smallest absolute Gasteiger partial charge is 0.272 e. The quantitative estimate of drug-likeness (QED) is 0.754. The zero-order valence-corrected chi connectivity index (χ0v) is 16.0. The summed E-state index contributed by atoms with van der Waals surface area (Å²) in [6, 6.07) is 17.5. The van der Waals surface area contributed by atoms with Crippen LogP contribution in [0.25, 0.3) is 0 Å². The Balaban J connectivity index is 1.58. The van der Waals surface area contributed by atoms with Crippen LogP contribution in [-0.2, 0) is 13.0 Å². The molecule has 2 aromatic carbocycles. The molecule has 142 valence electrons. The largest absolute Gasteiger partial charge is 0.495 e. The van der Waals surface area contributed by atoms with Gasteiger partial charge in [-0.15, -0.1) is 0 Å². The van der Waals surface area contributed by atoms with Gasteiger partial charge in [-0.1, -0.05) is 36.4 Å². The van der Waals surface area contributed by atoms with Crippen LogP contribution in [0.3, 0.4) is 0 Å². The van der Waals surface area contributed by atoms with Gasteiger partial charge in [-0.3, -0.25) is 4.79 Å². The van der Waals surface area contributed by atoms with Crippen LogP contribution in [0, 0.1) is 6.92 Å². The van der Waals surface area contributed by atoms with Gasteiger partial charge in [0.05, 0.1) is 12.8 Å². The van der Waals surface area contributed by atoms with Crippen molar-refractivity contribution in [1.82, 2.24) is 14.9 Å². The standard InChI is InChI=1S/C22H22N4O2/c1-15-13-19(21(27)26-12-11-16-7-3-4-8-17(16)14-26)25-22(23-15)24-18-9-5-6-10-20(18)28-2/h3-10,13H,11-12,14H2,1-2H3,(H,23,24,25). The number of aromatic nitrogens is 2. The molecule has 0 saturated heterocycles. The van der Waals surface area contributed by atoms with Crippen molar-refractivity contribution in [3.05, 3.63) is 77.1 Å². The minimum atomic E-state index is -0.0805. The number of anilines is 2. The van der Waals surface area contributed by atoms with Crippen LogP contribution in [0.4, 0.5) is 11.6 Å². The molecule has 1 aliphatic heterocycles. The van der Waals surface area contributed by atoms with Crippen molar-refractivity contribution in [3.8, 4) is 5.75 Å². The third kappa shape index (κ3) is 3.67. The SMILES string of the molecule is COc1ccccc1Nc1nc(C)cc(C(=O)N2CCc3ccccc3C2)n1. The van der Waals surface area contributed by atoms with Crippen LogP contribution in [0.15, 0.2) is 54.6 Å². The maximum absolute atomic E-state index is 13.1. The van der Waals surface area contributed by atoms with Crippen molar-refractivity contribution in [2.24, 2.45) is 0 Å². The average molecular weight is 374 g/mol. The Morgan fingerprint density at radius 2 is 1.82 bits per heavy atom. The Labute approximate surface area is 164 Å². The van der Waals surface area contributed by atoms with E-state index in [9.17, 15) is 4.79 Å². The van der Waals surface area contributed by atoms with Crippen LogP contribution >= 0.6 is 0 Å². The molecule has 0 aliphatic carbocycles. The highest BCUT2D eigenvalue weighted by Crippen LogP contribution is 2.26. The second-order valence-electron chi connectivity index (χ2n) is 6.79. The molecule has 1 amide bonds. The first kappa shape index (κ1) is 18.0. The molecule has 28 heavy (non-hydrogen) atoms. The lowest BCUT2D eigenvalue weighted by Gasteiger charge is -2.28. The topological polar surface area (TPSA) is 67.3 Å². The summed E-state index contributed by atoms with van der Waals surface area (Å²) in [5.74, 6) is 0.987. The molecule has 1 aromatic heterocycles. The Morgan fingerprint density at radius 1 is 1.07 bits per heavy atom. The highest BCUT2D eigenvalue weighted by atomic mass is 16.5. The zero-order chi connectivity index (χ0) is 19.5. The van der Waals surface area contributed by atoms with Crippen molar-refractivity contribution < 1.29 is 9.53 Å². The fraction of sp³-hybridized carbons (Fsp3) is 0.227. The van der Waals surface area contributed by atoms with Gasteiger partial charge in [0.2, 0.25) is 5.95 Å². The van der Waals surface area contributed by atoms with Crippen LogP contribution in [0.1, 0.15) is 27.3 Å². The summed E-state index contributed by atoms with van der Waals surface area (Å²) >= 11 is 0. The molecule has 1 aliphatic rings. The molecule has 0 bridgehead atoms. The Hall–Kier alpha value is -3.41. The van der Waals surface area contributed by atoms with Crippen molar-refractivity contribution in [3.63, 3.8) is 0 Å². The van der Waals surface area contributed by atoms with Gasteiger partial charge >= 0.3 is 0 Å². The van der Waals surface area contributed by atoms with E-state index in [-0.39, 0.29) is 5.91 Å². The summed E-state index contributed by atoms with van der Waals surface area (Å²) < 4.78 is 5.36. The molecule has 0 atom stereocenters. The number of nitrogens with one attached hydrogen (secondary N) is 1. The van der Waals surface area contributed by atoms with Gasteiger partial charge < -0.3 is 15.0 Å². The predicted molar refractivity (Wildman–Crippen MR) is 108 cm³/mol. The number of fused-ring (bicyclic) bond motifs is 1. The van der Waals surface area contributed by atoms with E-state index in [1.165, 1.54) is 11.1 Å². The van der Waals surface area contributed by atoms with Crippen LogP contribution in [0.5, 0.6) is 5.75 Å². The number of aryl methyl sites for hydroxylation is 1. The van der Waals surface area contributed by atoms with E-state index in [0.29, 0.717) is 30.5 Å². The van der Waals surface area contributed by atoms with Crippen molar-refractivity contribution >= 4 is 17.5 Å². The molecule has 0 radical (unpaired) electrons. The number of carbonyl (C=O) groups is 1. The molecule has 1 N–H and O–H groups in total. The summed E-state index contributed by atoms with van der Waals surface area (Å²) in [4.78, 5) is 23.8. The van der Waals surface area contributed by atoms with Crippen LogP contribution < -0.4 is 10.1 Å². The first-order valence-electron chi connectivity index (χ1n) is 9.26. The van der Waals surface area contributed by atoms with Crippen molar-refractivity contribution in [2.45, 2.75) is 19.9 Å². The number of rotatable bonds is 4. The lowest BCUT2D eigenvalue weighted by Crippen LogP contribution is -2.36. The third-order valence-corrected chi connectivity index (χ3v) is 4.84. The average Bonchev–Trinajstić information content (AvgIpc) is 2.73. The number of amides is 1. The molecular weight excluding hydrogens is 352 g/mol. The first-order chi connectivity index (χ1) is 13.6. The summed E-state index contributed by atoms with van der Waals surface area (Å²) in [6.45, 7) is 3.15. The van der Waals surface area contributed by atoms with Gasteiger partial charge in [0.15, 0.2) is 0 Å². The van der Waals surface area contributed by atoms with E-state index in [1.807, 2.05) is 48.2 Å². The lowest BCUT2D eigenvalue weighted by atomic mass is 10.00. The van der Waals surface area contributed by atoms with Crippen LogP contribution in [-0.4, -0.2) is 34.4 Å². The number of benzene rings is 2.